The second-order valence-electron chi connectivity index (χ2n) is 2.47. The second kappa shape index (κ2) is 4.47. The molecule has 0 atom stereocenters. The number of amides is 1. The van der Waals surface area contributed by atoms with Crippen LogP contribution >= 0.6 is 0 Å². The summed E-state index contributed by atoms with van der Waals surface area (Å²) in [5.41, 5.74) is 5.32. The van der Waals surface area contributed by atoms with Gasteiger partial charge in [-0.1, -0.05) is 6.08 Å². The van der Waals surface area contributed by atoms with Crippen LogP contribution < -0.4 is 11.1 Å². The normalized spacial score (nSPS) is 9.62. The molecule has 1 aromatic rings. The summed E-state index contributed by atoms with van der Waals surface area (Å²) in [6.45, 7) is 4.21. The Morgan fingerprint density at radius 1 is 1.69 bits per heavy atom. The summed E-state index contributed by atoms with van der Waals surface area (Å²) >= 11 is 0. The van der Waals surface area contributed by atoms with E-state index in [4.69, 9.17) is 10.2 Å². The maximum atomic E-state index is 11.2. The number of carbonyl (C=O) groups excluding carboxylic acids is 1. The predicted molar refractivity (Wildman–Crippen MR) is 49.1 cm³/mol. The molecule has 0 aliphatic carbocycles. The standard InChI is InChI=1S/C9H12N2O2/c1-2-5-11-9(12)8-4-3-7(6-10)13-8/h2-4H,1,5-6,10H2,(H,11,12). The molecule has 70 valence electrons. The Balaban J connectivity index is 2.60. The number of furan rings is 1. The van der Waals surface area contributed by atoms with Crippen molar-refractivity contribution in [2.45, 2.75) is 6.54 Å². The minimum absolute atomic E-state index is 0.250. The first-order valence-electron chi connectivity index (χ1n) is 3.95. The maximum absolute atomic E-state index is 11.2. The molecule has 0 saturated heterocycles. The molecule has 1 amide bonds. The third-order valence-electron chi connectivity index (χ3n) is 1.49. The van der Waals surface area contributed by atoms with E-state index in [0.29, 0.717) is 18.8 Å². The summed E-state index contributed by atoms with van der Waals surface area (Å²) in [7, 11) is 0. The minimum Gasteiger partial charge on any atom is -0.455 e. The van der Waals surface area contributed by atoms with Crippen LogP contribution in [-0.2, 0) is 6.54 Å². The van der Waals surface area contributed by atoms with Gasteiger partial charge in [0.15, 0.2) is 5.76 Å². The lowest BCUT2D eigenvalue weighted by molar-refractivity contribution is 0.0928. The highest BCUT2D eigenvalue weighted by Gasteiger charge is 2.08. The van der Waals surface area contributed by atoms with E-state index in [2.05, 4.69) is 11.9 Å². The lowest BCUT2D eigenvalue weighted by Gasteiger charge is -1.97. The molecule has 0 fully saturated rings. The van der Waals surface area contributed by atoms with Crippen molar-refractivity contribution in [2.24, 2.45) is 5.73 Å². The summed E-state index contributed by atoms with van der Waals surface area (Å²) in [6.07, 6.45) is 1.60. The van der Waals surface area contributed by atoms with Crippen LogP contribution in [0.2, 0.25) is 0 Å². The van der Waals surface area contributed by atoms with E-state index in [1.807, 2.05) is 0 Å². The molecular weight excluding hydrogens is 168 g/mol. The predicted octanol–water partition coefficient (Wildman–Crippen LogP) is 0.654. The summed E-state index contributed by atoms with van der Waals surface area (Å²) in [6, 6.07) is 3.28. The first kappa shape index (κ1) is 9.54. The van der Waals surface area contributed by atoms with E-state index in [-0.39, 0.29) is 11.7 Å². The molecule has 1 aromatic heterocycles. The average Bonchev–Trinajstić information content (AvgIpc) is 2.62. The van der Waals surface area contributed by atoms with Crippen molar-refractivity contribution in [3.63, 3.8) is 0 Å². The van der Waals surface area contributed by atoms with Crippen LogP contribution in [0, 0.1) is 0 Å². The van der Waals surface area contributed by atoms with Crippen molar-refractivity contribution in [1.29, 1.82) is 0 Å². The van der Waals surface area contributed by atoms with Crippen molar-refractivity contribution in [2.75, 3.05) is 6.54 Å². The average molecular weight is 180 g/mol. The molecule has 0 radical (unpaired) electrons. The Labute approximate surface area is 76.4 Å². The van der Waals surface area contributed by atoms with Crippen molar-refractivity contribution < 1.29 is 9.21 Å². The maximum Gasteiger partial charge on any atom is 0.287 e. The van der Waals surface area contributed by atoms with Gasteiger partial charge in [0.1, 0.15) is 5.76 Å². The molecule has 0 spiro atoms. The highest BCUT2D eigenvalue weighted by molar-refractivity contribution is 5.91. The Hall–Kier alpha value is -1.55. The van der Waals surface area contributed by atoms with Gasteiger partial charge in [-0.3, -0.25) is 4.79 Å². The zero-order chi connectivity index (χ0) is 9.68. The number of hydrogen-bond donors (Lipinski definition) is 2. The highest BCUT2D eigenvalue weighted by atomic mass is 16.4. The number of carbonyl (C=O) groups is 1. The number of nitrogens with one attached hydrogen (secondary N) is 1. The molecule has 4 nitrogen and oxygen atoms in total. The SMILES string of the molecule is C=CCNC(=O)c1ccc(CN)o1. The van der Waals surface area contributed by atoms with Crippen LogP contribution in [-0.4, -0.2) is 12.5 Å². The first-order chi connectivity index (χ1) is 6.27. The lowest BCUT2D eigenvalue weighted by Crippen LogP contribution is -2.22. The van der Waals surface area contributed by atoms with E-state index >= 15 is 0 Å². The van der Waals surface area contributed by atoms with Crippen LogP contribution in [0.25, 0.3) is 0 Å². The molecule has 4 heteroatoms. The summed E-state index contributed by atoms with van der Waals surface area (Å²) in [4.78, 5) is 11.2. The van der Waals surface area contributed by atoms with Crippen LogP contribution in [0.3, 0.4) is 0 Å². The third kappa shape index (κ3) is 2.45. The van der Waals surface area contributed by atoms with Gasteiger partial charge in [0.25, 0.3) is 5.91 Å². The molecular formula is C9H12N2O2. The zero-order valence-corrected chi connectivity index (χ0v) is 7.25. The largest absolute Gasteiger partial charge is 0.455 e. The Morgan fingerprint density at radius 2 is 2.46 bits per heavy atom. The van der Waals surface area contributed by atoms with Gasteiger partial charge in [-0.2, -0.15) is 0 Å². The van der Waals surface area contributed by atoms with Crippen molar-refractivity contribution in [3.05, 3.63) is 36.3 Å². The second-order valence-corrected chi connectivity index (χ2v) is 2.47. The smallest absolute Gasteiger partial charge is 0.287 e. The van der Waals surface area contributed by atoms with Gasteiger partial charge in [0.2, 0.25) is 0 Å². The number of rotatable bonds is 4. The fraction of sp³-hybridized carbons (Fsp3) is 0.222. The molecule has 0 aromatic carbocycles. The van der Waals surface area contributed by atoms with Crippen LogP contribution in [0.5, 0.6) is 0 Å². The van der Waals surface area contributed by atoms with Crippen LogP contribution in [0.15, 0.2) is 29.2 Å². The van der Waals surface area contributed by atoms with Crippen LogP contribution in [0.1, 0.15) is 16.3 Å². The van der Waals surface area contributed by atoms with Crippen molar-refractivity contribution in [1.82, 2.24) is 5.32 Å². The Kier molecular flexibility index (Phi) is 3.28. The molecule has 0 unspecified atom stereocenters. The fourth-order valence-electron chi connectivity index (χ4n) is 0.862. The van der Waals surface area contributed by atoms with Crippen molar-refractivity contribution >= 4 is 5.91 Å². The minimum atomic E-state index is -0.250. The topological polar surface area (TPSA) is 68.3 Å². The first-order valence-corrected chi connectivity index (χ1v) is 3.95. The van der Waals surface area contributed by atoms with E-state index in [0.717, 1.165) is 0 Å². The summed E-state index contributed by atoms with van der Waals surface area (Å²) < 4.78 is 5.12. The Bertz CT molecular complexity index is 304. The number of hydrogen-bond acceptors (Lipinski definition) is 3. The van der Waals surface area contributed by atoms with Crippen molar-refractivity contribution in [3.8, 4) is 0 Å². The van der Waals surface area contributed by atoms with Gasteiger partial charge in [0.05, 0.1) is 6.54 Å². The quantitative estimate of drug-likeness (QED) is 0.668. The van der Waals surface area contributed by atoms with Gasteiger partial charge in [-0.05, 0) is 12.1 Å². The zero-order valence-electron chi connectivity index (χ0n) is 7.25. The molecule has 0 saturated carbocycles. The molecule has 13 heavy (non-hydrogen) atoms. The van der Waals surface area contributed by atoms with Gasteiger partial charge >= 0.3 is 0 Å². The highest BCUT2D eigenvalue weighted by Crippen LogP contribution is 2.06. The lowest BCUT2D eigenvalue weighted by atomic mass is 10.4. The molecule has 0 bridgehead atoms. The molecule has 1 rings (SSSR count). The molecule has 3 N–H and O–H groups in total. The summed E-state index contributed by atoms with van der Waals surface area (Å²) in [5, 5.41) is 2.59. The van der Waals surface area contributed by atoms with Gasteiger partial charge in [-0.15, -0.1) is 6.58 Å². The molecule has 0 aliphatic heterocycles. The van der Waals surface area contributed by atoms with Gasteiger partial charge < -0.3 is 15.5 Å². The summed E-state index contributed by atoms with van der Waals surface area (Å²) in [5.74, 6) is 0.630. The third-order valence-corrected chi connectivity index (χ3v) is 1.49. The molecule has 1 heterocycles. The van der Waals surface area contributed by atoms with E-state index in [1.54, 1.807) is 18.2 Å². The van der Waals surface area contributed by atoms with Crippen LogP contribution in [0.4, 0.5) is 0 Å². The van der Waals surface area contributed by atoms with E-state index in [9.17, 15) is 4.79 Å². The number of nitrogens with two attached hydrogens (primary N) is 1. The molecule has 0 aliphatic rings. The van der Waals surface area contributed by atoms with Gasteiger partial charge in [0, 0.05) is 6.54 Å². The Morgan fingerprint density at radius 3 is 3.00 bits per heavy atom. The van der Waals surface area contributed by atoms with E-state index in [1.165, 1.54) is 0 Å². The van der Waals surface area contributed by atoms with E-state index < -0.39 is 0 Å². The van der Waals surface area contributed by atoms with Gasteiger partial charge in [-0.25, -0.2) is 0 Å². The fourth-order valence-corrected chi connectivity index (χ4v) is 0.862. The monoisotopic (exact) mass is 180 g/mol.